The zero-order chi connectivity index (χ0) is 13.2. The molecule has 0 bridgehead atoms. The molecule has 18 heavy (non-hydrogen) atoms. The van der Waals surface area contributed by atoms with Gasteiger partial charge < -0.3 is 10.5 Å². The molecule has 1 aromatic rings. The molecule has 0 heterocycles. The van der Waals surface area contributed by atoms with Crippen molar-refractivity contribution in [1.82, 2.24) is 0 Å². The molecular weight excluding hydrogens is 229 g/mol. The van der Waals surface area contributed by atoms with E-state index in [1.807, 2.05) is 0 Å². The Morgan fingerprint density at radius 3 is 2.39 bits per heavy atom. The first-order valence-corrected chi connectivity index (χ1v) is 6.85. The first kappa shape index (κ1) is 15.1. The van der Waals surface area contributed by atoms with E-state index in [2.05, 4.69) is 6.92 Å². The van der Waals surface area contributed by atoms with E-state index in [0.717, 1.165) is 18.6 Å². The maximum Gasteiger partial charge on any atom is 0.123 e. The molecule has 0 aliphatic carbocycles. The second-order valence-electron chi connectivity index (χ2n) is 4.56. The molecule has 1 aromatic carbocycles. The molecule has 3 heteroatoms. The summed E-state index contributed by atoms with van der Waals surface area (Å²) in [6, 6.07) is 6.37. The van der Waals surface area contributed by atoms with Crippen LogP contribution in [0.1, 0.15) is 50.7 Å². The predicted molar refractivity (Wildman–Crippen MR) is 72.9 cm³/mol. The van der Waals surface area contributed by atoms with E-state index in [1.54, 1.807) is 12.1 Å². The summed E-state index contributed by atoms with van der Waals surface area (Å²) >= 11 is 0. The van der Waals surface area contributed by atoms with Crippen molar-refractivity contribution in [3.8, 4) is 0 Å². The Balaban J connectivity index is 2.27. The van der Waals surface area contributed by atoms with Crippen LogP contribution in [0.25, 0.3) is 0 Å². The van der Waals surface area contributed by atoms with Crippen LogP contribution < -0.4 is 5.73 Å². The zero-order valence-corrected chi connectivity index (χ0v) is 11.2. The number of nitrogens with two attached hydrogens (primary N) is 1. The van der Waals surface area contributed by atoms with Crippen molar-refractivity contribution in [3.05, 3.63) is 35.6 Å². The molecule has 0 aliphatic heterocycles. The topological polar surface area (TPSA) is 35.2 Å². The van der Waals surface area contributed by atoms with Crippen molar-refractivity contribution < 1.29 is 9.13 Å². The van der Waals surface area contributed by atoms with E-state index in [9.17, 15) is 4.39 Å². The predicted octanol–water partition coefficient (Wildman–Crippen LogP) is 3.81. The van der Waals surface area contributed by atoms with Crippen molar-refractivity contribution in [2.75, 3.05) is 13.2 Å². The molecule has 0 fully saturated rings. The lowest BCUT2D eigenvalue weighted by atomic mass is 10.1. The number of hydrogen-bond acceptors (Lipinski definition) is 2. The fourth-order valence-electron chi connectivity index (χ4n) is 1.91. The van der Waals surface area contributed by atoms with Crippen LogP contribution in [-0.4, -0.2) is 13.2 Å². The highest BCUT2D eigenvalue weighted by atomic mass is 19.1. The third kappa shape index (κ3) is 5.61. The molecule has 0 saturated heterocycles. The van der Waals surface area contributed by atoms with Gasteiger partial charge in [0, 0.05) is 13.2 Å². The second-order valence-corrected chi connectivity index (χ2v) is 4.56. The van der Waals surface area contributed by atoms with Crippen LogP contribution in [0, 0.1) is 5.82 Å². The summed E-state index contributed by atoms with van der Waals surface area (Å²) in [4.78, 5) is 0. The number of rotatable bonds is 9. The van der Waals surface area contributed by atoms with Crippen molar-refractivity contribution >= 4 is 0 Å². The van der Waals surface area contributed by atoms with E-state index < -0.39 is 0 Å². The van der Waals surface area contributed by atoms with Crippen LogP contribution in [0.15, 0.2) is 24.3 Å². The molecule has 0 aromatic heterocycles. The molecule has 0 amide bonds. The highest BCUT2D eigenvalue weighted by Crippen LogP contribution is 2.17. The molecular formula is C15H24FNO. The molecule has 1 atom stereocenters. The van der Waals surface area contributed by atoms with Crippen LogP contribution in [0.5, 0.6) is 0 Å². The maximum atomic E-state index is 12.8. The smallest absolute Gasteiger partial charge is 0.123 e. The van der Waals surface area contributed by atoms with Crippen molar-refractivity contribution in [1.29, 1.82) is 0 Å². The number of ether oxygens (including phenoxy) is 1. The number of halogens is 1. The standard InChI is InChI=1S/C15H24FNO/c1-2-3-4-5-6-11-18-15(12-17)13-7-9-14(16)10-8-13/h7-10,15H,2-6,11-12,17H2,1H3. The van der Waals surface area contributed by atoms with Crippen LogP contribution in [0.3, 0.4) is 0 Å². The molecule has 2 N–H and O–H groups in total. The summed E-state index contributed by atoms with van der Waals surface area (Å²) in [6.07, 6.45) is 5.97. The Morgan fingerprint density at radius 1 is 1.11 bits per heavy atom. The first-order chi connectivity index (χ1) is 8.77. The molecule has 1 rings (SSSR count). The average Bonchev–Trinajstić information content (AvgIpc) is 2.39. The van der Waals surface area contributed by atoms with Gasteiger partial charge in [-0.3, -0.25) is 0 Å². The highest BCUT2D eigenvalue weighted by Gasteiger charge is 2.09. The van der Waals surface area contributed by atoms with Gasteiger partial charge in [0.2, 0.25) is 0 Å². The van der Waals surface area contributed by atoms with E-state index in [-0.39, 0.29) is 11.9 Å². The fraction of sp³-hybridized carbons (Fsp3) is 0.600. The van der Waals surface area contributed by atoms with Crippen LogP contribution in [0.4, 0.5) is 4.39 Å². The Hall–Kier alpha value is -0.930. The van der Waals surface area contributed by atoms with Gasteiger partial charge in [0.05, 0.1) is 6.10 Å². The Morgan fingerprint density at radius 2 is 1.78 bits per heavy atom. The molecule has 2 nitrogen and oxygen atoms in total. The zero-order valence-electron chi connectivity index (χ0n) is 11.2. The van der Waals surface area contributed by atoms with E-state index in [1.165, 1.54) is 37.8 Å². The number of unbranched alkanes of at least 4 members (excludes halogenated alkanes) is 4. The number of benzene rings is 1. The van der Waals surface area contributed by atoms with Crippen molar-refractivity contribution in [2.24, 2.45) is 5.73 Å². The summed E-state index contributed by atoms with van der Waals surface area (Å²) in [5.41, 5.74) is 6.64. The molecule has 0 radical (unpaired) electrons. The Kier molecular flexibility index (Phi) is 7.62. The van der Waals surface area contributed by atoms with Crippen molar-refractivity contribution in [3.63, 3.8) is 0 Å². The molecule has 1 unspecified atom stereocenters. The fourth-order valence-corrected chi connectivity index (χ4v) is 1.91. The summed E-state index contributed by atoms with van der Waals surface area (Å²) in [5.74, 6) is -0.228. The van der Waals surface area contributed by atoms with Gasteiger partial charge in [-0.15, -0.1) is 0 Å². The summed E-state index contributed by atoms with van der Waals surface area (Å²) in [7, 11) is 0. The Labute approximate surface area is 109 Å². The summed E-state index contributed by atoms with van der Waals surface area (Å²) < 4.78 is 18.6. The summed E-state index contributed by atoms with van der Waals surface area (Å²) in [5, 5.41) is 0. The average molecular weight is 253 g/mol. The lowest BCUT2D eigenvalue weighted by Crippen LogP contribution is -2.16. The van der Waals surface area contributed by atoms with Crippen LogP contribution in [-0.2, 0) is 4.74 Å². The van der Waals surface area contributed by atoms with Gasteiger partial charge in [0.25, 0.3) is 0 Å². The molecule has 0 saturated carbocycles. The summed E-state index contributed by atoms with van der Waals surface area (Å²) in [6.45, 7) is 3.36. The number of hydrogen-bond donors (Lipinski definition) is 1. The SMILES string of the molecule is CCCCCCCOC(CN)c1ccc(F)cc1. The minimum atomic E-state index is -0.228. The van der Waals surface area contributed by atoms with Gasteiger partial charge in [0.1, 0.15) is 5.82 Å². The first-order valence-electron chi connectivity index (χ1n) is 6.85. The van der Waals surface area contributed by atoms with Crippen molar-refractivity contribution in [2.45, 2.75) is 45.1 Å². The van der Waals surface area contributed by atoms with Gasteiger partial charge in [-0.25, -0.2) is 4.39 Å². The molecule has 0 aliphatic rings. The van der Waals surface area contributed by atoms with Gasteiger partial charge in [-0.2, -0.15) is 0 Å². The minimum Gasteiger partial charge on any atom is -0.372 e. The van der Waals surface area contributed by atoms with E-state index >= 15 is 0 Å². The Bertz CT molecular complexity index is 313. The second kappa shape index (κ2) is 9.06. The monoisotopic (exact) mass is 253 g/mol. The quantitative estimate of drug-likeness (QED) is 0.679. The molecule has 0 spiro atoms. The van der Waals surface area contributed by atoms with Gasteiger partial charge >= 0.3 is 0 Å². The normalized spacial score (nSPS) is 12.6. The molecule has 102 valence electrons. The largest absolute Gasteiger partial charge is 0.372 e. The van der Waals surface area contributed by atoms with Crippen LogP contribution >= 0.6 is 0 Å². The minimum absolute atomic E-state index is 0.114. The van der Waals surface area contributed by atoms with Crippen LogP contribution in [0.2, 0.25) is 0 Å². The van der Waals surface area contributed by atoms with Gasteiger partial charge in [0.15, 0.2) is 0 Å². The van der Waals surface area contributed by atoms with Gasteiger partial charge in [-0.05, 0) is 24.1 Å². The van der Waals surface area contributed by atoms with E-state index in [4.69, 9.17) is 10.5 Å². The lowest BCUT2D eigenvalue weighted by molar-refractivity contribution is 0.0557. The van der Waals surface area contributed by atoms with E-state index in [0.29, 0.717) is 6.54 Å². The lowest BCUT2D eigenvalue weighted by Gasteiger charge is -2.16. The third-order valence-corrected chi connectivity index (χ3v) is 3.02. The highest BCUT2D eigenvalue weighted by molar-refractivity contribution is 5.18. The van der Waals surface area contributed by atoms with Gasteiger partial charge in [-0.1, -0.05) is 44.7 Å². The maximum absolute atomic E-state index is 12.8. The third-order valence-electron chi connectivity index (χ3n) is 3.02.